The van der Waals surface area contributed by atoms with Crippen LogP contribution in [0.1, 0.15) is 46.0 Å². The van der Waals surface area contributed by atoms with Crippen molar-refractivity contribution in [3.05, 3.63) is 0 Å². The minimum atomic E-state index is -0.716. The molecule has 4 heteroatoms. The highest BCUT2D eigenvalue weighted by molar-refractivity contribution is 5.73. The van der Waals surface area contributed by atoms with E-state index in [4.69, 9.17) is 0 Å². The van der Waals surface area contributed by atoms with Crippen LogP contribution in [0.4, 0.5) is 0 Å². The van der Waals surface area contributed by atoms with Crippen molar-refractivity contribution in [2.45, 2.75) is 58.0 Å². The van der Waals surface area contributed by atoms with Gasteiger partial charge in [-0.2, -0.15) is 0 Å². The normalized spacial score (nSPS) is 21.1. The third-order valence-corrected chi connectivity index (χ3v) is 3.99. The van der Waals surface area contributed by atoms with Gasteiger partial charge in [-0.25, -0.2) is 0 Å². The number of hydrogen-bond acceptors (Lipinski definition) is 3. The average molecular weight is 268 g/mol. The number of hydrogen-bond donors (Lipinski definition) is 2. The highest BCUT2D eigenvalue weighted by Crippen LogP contribution is 2.33. The Morgan fingerprint density at radius 2 is 1.74 bits per heavy atom. The molecule has 2 aliphatic carbocycles. The predicted octanol–water partition coefficient (Wildman–Crippen LogP) is 1.95. The van der Waals surface area contributed by atoms with Gasteiger partial charge in [-0.05, 0) is 43.9 Å². The van der Waals surface area contributed by atoms with E-state index in [2.05, 4.69) is 10.2 Å². The summed E-state index contributed by atoms with van der Waals surface area (Å²) in [5.74, 6) is 1.06. The van der Waals surface area contributed by atoms with Crippen molar-refractivity contribution in [3.63, 3.8) is 0 Å². The van der Waals surface area contributed by atoms with Crippen LogP contribution >= 0.6 is 0 Å². The van der Waals surface area contributed by atoms with Crippen molar-refractivity contribution in [1.29, 1.82) is 0 Å². The molecule has 2 N–H and O–H groups in total. The molecule has 0 heterocycles. The van der Waals surface area contributed by atoms with Crippen molar-refractivity contribution in [2.24, 2.45) is 11.8 Å². The maximum Gasteiger partial charge on any atom is 0.320 e. The number of carboxylic acids is 1. The van der Waals surface area contributed by atoms with Gasteiger partial charge in [0.05, 0.1) is 0 Å². The van der Waals surface area contributed by atoms with Gasteiger partial charge < -0.3 is 15.3 Å². The number of carbonyl (C=O) groups is 1. The molecule has 0 spiro atoms. The summed E-state index contributed by atoms with van der Waals surface area (Å²) < 4.78 is 0. The summed E-state index contributed by atoms with van der Waals surface area (Å²) in [6.07, 6.45) is 6.19. The second-order valence-electron chi connectivity index (χ2n) is 6.65. The minimum Gasteiger partial charge on any atom is -0.480 e. The van der Waals surface area contributed by atoms with Gasteiger partial charge in [0.2, 0.25) is 0 Å². The fraction of sp³-hybridized carbons (Fsp3) is 0.933. The number of rotatable bonds is 10. The molecule has 0 saturated heterocycles. The van der Waals surface area contributed by atoms with Gasteiger partial charge in [0.25, 0.3) is 0 Å². The second-order valence-corrected chi connectivity index (χ2v) is 6.65. The summed E-state index contributed by atoms with van der Waals surface area (Å²) in [6.45, 7) is 7.29. The van der Waals surface area contributed by atoms with Crippen LogP contribution in [0.2, 0.25) is 0 Å². The zero-order chi connectivity index (χ0) is 13.8. The van der Waals surface area contributed by atoms with Gasteiger partial charge in [0, 0.05) is 25.7 Å². The fourth-order valence-electron chi connectivity index (χ4n) is 2.58. The first-order valence-corrected chi connectivity index (χ1v) is 7.75. The molecule has 1 atom stereocenters. The SMILES string of the molecule is CC(C)NC(CCN(CC1CC1)CC1CC1)C(=O)O. The van der Waals surface area contributed by atoms with Crippen molar-refractivity contribution in [3.8, 4) is 0 Å². The monoisotopic (exact) mass is 268 g/mol. The molecule has 2 saturated carbocycles. The molecule has 0 aromatic rings. The highest BCUT2D eigenvalue weighted by Gasteiger charge is 2.29. The summed E-state index contributed by atoms with van der Waals surface area (Å²) in [5, 5.41) is 12.4. The summed E-state index contributed by atoms with van der Waals surface area (Å²) in [5.41, 5.74) is 0. The second kappa shape index (κ2) is 6.71. The van der Waals surface area contributed by atoms with E-state index in [0.717, 1.165) is 18.4 Å². The lowest BCUT2D eigenvalue weighted by atomic mass is 10.1. The van der Waals surface area contributed by atoms with E-state index in [9.17, 15) is 9.90 Å². The minimum absolute atomic E-state index is 0.224. The van der Waals surface area contributed by atoms with E-state index in [1.165, 1.54) is 38.8 Å². The molecule has 0 aromatic carbocycles. The van der Waals surface area contributed by atoms with Crippen LogP contribution in [0.3, 0.4) is 0 Å². The highest BCUT2D eigenvalue weighted by atomic mass is 16.4. The fourth-order valence-corrected chi connectivity index (χ4v) is 2.58. The Labute approximate surface area is 116 Å². The zero-order valence-corrected chi connectivity index (χ0v) is 12.3. The average Bonchev–Trinajstić information content (AvgIpc) is 3.18. The van der Waals surface area contributed by atoms with E-state index >= 15 is 0 Å². The van der Waals surface area contributed by atoms with Crippen molar-refractivity contribution in [1.82, 2.24) is 10.2 Å². The van der Waals surface area contributed by atoms with Crippen LogP contribution in [0.5, 0.6) is 0 Å². The van der Waals surface area contributed by atoms with Gasteiger partial charge in [-0.3, -0.25) is 4.79 Å². The van der Waals surface area contributed by atoms with Crippen LogP contribution in [-0.2, 0) is 4.79 Å². The molecule has 0 aromatic heterocycles. The van der Waals surface area contributed by atoms with Crippen molar-refractivity contribution >= 4 is 5.97 Å². The maximum atomic E-state index is 11.2. The van der Waals surface area contributed by atoms with Crippen LogP contribution in [-0.4, -0.2) is 47.7 Å². The summed E-state index contributed by atoms with van der Waals surface area (Å²) in [7, 11) is 0. The Hall–Kier alpha value is -0.610. The molecule has 0 bridgehead atoms. The van der Waals surface area contributed by atoms with Crippen LogP contribution in [0, 0.1) is 11.8 Å². The molecule has 4 nitrogen and oxygen atoms in total. The number of carboxylic acid groups (broad SMARTS) is 1. The molecule has 110 valence electrons. The number of aliphatic carboxylic acids is 1. The predicted molar refractivity (Wildman–Crippen MR) is 76.2 cm³/mol. The van der Waals surface area contributed by atoms with Crippen molar-refractivity contribution < 1.29 is 9.90 Å². The summed E-state index contributed by atoms with van der Waals surface area (Å²) in [6, 6.07) is -0.178. The lowest BCUT2D eigenvalue weighted by Crippen LogP contribution is -2.43. The first kappa shape index (κ1) is 14.8. The molecule has 2 rings (SSSR count). The zero-order valence-electron chi connectivity index (χ0n) is 12.3. The standard InChI is InChI=1S/C15H28N2O2/c1-11(2)16-14(15(18)19)7-8-17(9-12-3-4-12)10-13-5-6-13/h11-14,16H,3-10H2,1-2H3,(H,18,19). The molecular weight excluding hydrogens is 240 g/mol. The molecule has 0 radical (unpaired) electrons. The summed E-state index contributed by atoms with van der Waals surface area (Å²) in [4.78, 5) is 13.7. The molecule has 19 heavy (non-hydrogen) atoms. The van der Waals surface area contributed by atoms with E-state index in [0.29, 0.717) is 6.42 Å². The molecule has 0 aliphatic heterocycles. The van der Waals surface area contributed by atoms with Crippen LogP contribution < -0.4 is 5.32 Å². The smallest absolute Gasteiger partial charge is 0.320 e. The van der Waals surface area contributed by atoms with E-state index in [1.807, 2.05) is 13.8 Å². The molecule has 2 fully saturated rings. The topological polar surface area (TPSA) is 52.6 Å². The van der Waals surface area contributed by atoms with Crippen LogP contribution in [0.15, 0.2) is 0 Å². The van der Waals surface area contributed by atoms with Crippen LogP contribution in [0.25, 0.3) is 0 Å². The van der Waals surface area contributed by atoms with Gasteiger partial charge in [0.15, 0.2) is 0 Å². The molecule has 2 aliphatic rings. The quantitative estimate of drug-likeness (QED) is 0.636. The van der Waals surface area contributed by atoms with Gasteiger partial charge in [-0.15, -0.1) is 0 Å². The summed E-state index contributed by atoms with van der Waals surface area (Å²) >= 11 is 0. The van der Waals surface area contributed by atoms with E-state index < -0.39 is 12.0 Å². The lowest BCUT2D eigenvalue weighted by molar-refractivity contribution is -0.140. The first-order valence-electron chi connectivity index (χ1n) is 7.75. The van der Waals surface area contributed by atoms with Gasteiger partial charge in [0.1, 0.15) is 6.04 Å². The Bertz CT molecular complexity index is 285. The Morgan fingerprint density at radius 1 is 1.21 bits per heavy atom. The van der Waals surface area contributed by atoms with E-state index in [-0.39, 0.29) is 6.04 Å². The Morgan fingerprint density at radius 3 is 2.11 bits per heavy atom. The lowest BCUT2D eigenvalue weighted by Gasteiger charge is -2.25. The first-order chi connectivity index (χ1) is 9.04. The largest absolute Gasteiger partial charge is 0.480 e. The molecule has 0 amide bonds. The maximum absolute atomic E-state index is 11.2. The van der Waals surface area contributed by atoms with E-state index in [1.54, 1.807) is 0 Å². The van der Waals surface area contributed by atoms with Gasteiger partial charge in [-0.1, -0.05) is 13.8 Å². The third-order valence-electron chi connectivity index (χ3n) is 3.99. The molecule has 1 unspecified atom stereocenters. The Kier molecular flexibility index (Phi) is 5.22. The van der Waals surface area contributed by atoms with Crippen molar-refractivity contribution in [2.75, 3.05) is 19.6 Å². The number of nitrogens with one attached hydrogen (secondary N) is 1. The Balaban J connectivity index is 1.75. The molecular formula is C15H28N2O2. The number of nitrogens with zero attached hydrogens (tertiary/aromatic N) is 1. The third kappa shape index (κ3) is 5.91. The van der Waals surface area contributed by atoms with Gasteiger partial charge >= 0.3 is 5.97 Å².